The smallest absolute Gasteiger partial charge is 0.410 e. The van der Waals surface area contributed by atoms with E-state index >= 15 is 0 Å². The number of carbonyl (C=O) groups is 1. The third-order valence-electron chi connectivity index (χ3n) is 11.5. The Morgan fingerprint density at radius 3 is 2.33 bits per heavy atom. The molecule has 39 heavy (non-hydrogen) atoms. The van der Waals surface area contributed by atoms with Gasteiger partial charge < -0.3 is 34.1 Å². The molecule has 8 heteroatoms. The molecule has 6 aliphatic rings. The molecule has 1 aromatic rings. The molecular weight excluding hydrogens is 498 g/mol. The molecule has 1 aromatic carbocycles. The maximum Gasteiger partial charge on any atom is 0.412 e. The van der Waals surface area contributed by atoms with Gasteiger partial charge in [-0.25, -0.2) is 4.79 Å². The molecule has 7 rings (SSSR count). The molecule has 1 amide bonds. The SMILES string of the molecule is CNC(=O)Oc1ccc(C2=C[C@@]3(C)[C@@H](CCC34OCCO4)[C@@H]3CC[C@@]4(O)CC5(CC[C@]4(C)[C@@H]23)OCCO5)cc1. The molecule has 5 fully saturated rings. The van der Waals surface area contributed by atoms with Gasteiger partial charge in [0.05, 0.1) is 32.0 Å². The lowest BCUT2D eigenvalue weighted by atomic mass is 9.43. The molecule has 0 unspecified atom stereocenters. The molecule has 2 N–H and O–H groups in total. The molecule has 6 atom stereocenters. The maximum atomic E-state index is 12.5. The highest BCUT2D eigenvalue weighted by Gasteiger charge is 2.70. The Bertz CT molecular complexity index is 1170. The number of fused-ring (bicyclic) bond motifs is 6. The van der Waals surface area contributed by atoms with Crippen LogP contribution in [0.4, 0.5) is 4.79 Å². The lowest BCUT2D eigenvalue weighted by molar-refractivity contribution is -0.278. The number of hydrogen-bond donors (Lipinski definition) is 2. The zero-order chi connectivity index (χ0) is 27.1. The highest BCUT2D eigenvalue weighted by atomic mass is 16.7. The molecule has 4 aliphatic carbocycles. The molecule has 0 aromatic heterocycles. The molecule has 3 saturated carbocycles. The first-order valence-corrected chi connectivity index (χ1v) is 14.7. The van der Waals surface area contributed by atoms with Crippen molar-refractivity contribution in [2.75, 3.05) is 33.5 Å². The molecule has 212 valence electrons. The van der Waals surface area contributed by atoms with Crippen molar-refractivity contribution in [3.05, 3.63) is 35.9 Å². The molecule has 8 nitrogen and oxygen atoms in total. The zero-order valence-electron chi connectivity index (χ0n) is 23.3. The zero-order valence-corrected chi connectivity index (χ0v) is 23.3. The van der Waals surface area contributed by atoms with Gasteiger partial charge in [-0.05, 0) is 66.7 Å². The minimum Gasteiger partial charge on any atom is -0.410 e. The lowest BCUT2D eigenvalue weighted by Crippen LogP contribution is -2.65. The first kappa shape index (κ1) is 26.0. The first-order valence-electron chi connectivity index (χ1n) is 14.7. The van der Waals surface area contributed by atoms with Crippen LogP contribution < -0.4 is 10.1 Å². The molecule has 2 aliphatic heterocycles. The van der Waals surface area contributed by atoms with Gasteiger partial charge in [0.2, 0.25) is 0 Å². The first-order chi connectivity index (χ1) is 18.7. The van der Waals surface area contributed by atoms with Gasteiger partial charge in [-0.15, -0.1) is 0 Å². The number of allylic oxidation sites excluding steroid dienone is 1. The van der Waals surface area contributed by atoms with Gasteiger partial charge in [-0.3, -0.25) is 0 Å². The third kappa shape index (κ3) is 3.58. The quantitative estimate of drug-likeness (QED) is 0.565. The summed E-state index contributed by atoms with van der Waals surface area (Å²) in [5.74, 6) is 0.222. The van der Waals surface area contributed by atoms with E-state index in [9.17, 15) is 9.90 Å². The van der Waals surface area contributed by atoms with Gasteiger partial charge in [0.15, 0.2) is 11.6 Å². The summed E-state index contributed by atoms with van der Waals surface area (Å²) in [4.78, 5) is 11.8. The van der Waals surface area contributed by atoms with Crippen molar-refractivity contribution in [1.82, 2.24) is 5.32 Å². The van der Waals surface area contributed by atoms with Gasteiger partial charge in [-0.1, -0.05) is 32.1 Å². The van der Waals surface area contributed by atoms with Crippen molar-refractivity contribution >= 4 is 11.7 Å². The highest BCUT2D eigenvalue weighted by molar-refractivity contribution is 5.73. The number of rotatable bonds is 2. The van der Waals surface area contributed by atoms with E-state index in [0.29, 0.717) is 50.4 Å². The Morgan fingerprint density at radius 1 is 0.949 bits per heavy atom. The number of amides is 1. The number of ether oxygens (including phenoxy) is 5. The number of nitrogens with one attached hydrogen (secondary N) is 1. The Balaban J connectivity index is 1.33. The standard InChI is InChI=1S/C31H41NO7/c1-27-12-13-30(35-14-15-36-30)19-29(27,34)10-8-22-24-9-11-31(37-16-17-38-31)28(24,2)18-23(25(22)27)20-4-6-21(7-5-20)39-26(33)32-3/h4-7,18,22,24-25,34H,8-17,19H2,1-3H3,(H,32,33)/t22-,24-,25+,27+,28-,29+/m0/s1. The van der Waals surface area contributed by atoms with Gasteiger partial charge in [0.1, 0.15) is 5.75 Å². The van der Waals surface area contributed by atoms with Crippen molar-refractivity contribution in [3.8, 4) is 5.75 Å². The average Bonchev–Trinajstić information content (AvgIpc) is 3.66. The Kier molecular flexibility index (Phi) is 5.83. The predicted octanol–water partition coefficient (Wildman–Crippen LogP) is 4.65. The van der Waals surface area contributed by atoms with Crippen molar-refractivity contribution in [3.63, 3.8) is 0 Å². The van der Waals surface area contributed by atoms with Gasteiger partial charge in [-0.2, -0.15) is 0 Å². The topological polar surface area (TPSA) is 95.5 Å². The number of benzene rings is 1. The Morgan fingerprint density at radius 2 is 1.64 bits per heavy atom. The van der Waals surface area contributed by atoms with Crippen molar-refractivity contribution in [2.24, 2.45) is 28.6 Å². The summed E-state index contributed by atoms with van der Waals surface area (Å²) in [6.07, 6.45) is 7.73. The summed E-state index contributed by atoms with van der Waals surface area (Å²) in [7, 11) is 1.55. The van der Waals surface area contributed by atoms with Crippen LogP contribution in [0.2, 0.25) is 0 Å². The molecule has 2 heterocycles. The largest absolute Gasteiger partial charge is 0.412 e. The van der Waals surface area contributed by atoms with Crippen LogP contribution in [0.25, 0.3) is 5.57 Å². The summed E-state index contributed by atoms with van der Waals surface area (Å²) in [5.41, 5.74) is 0.844. The van der Waals surface area contributed by atoms with Crippen LogP contribution in [0.3, 0.4) is 0 Å². The van der Waals surface area contributed by atoms with Crippen LogP contribution in [-0.4, -0.2) is 61.9 Å². The van der Waals surface area contributed by atoms with Crippen LogP contribution in [0.1, 0.15) is 64.4 Å². The van der Waals surface area contributed by atoms with E-state index in [1.165, 1.54) is 5.57 Å². The fourth-order valence-electron chi connectivity index (χ4n) is 9.57. The van der Waals surface area contributed by atoms with Gasteiger partial charge >= 0.3 is 6.09 Å². The maximum absolute atomic E-state index is 12.5. The summed E-state index contributed by atoms with van der Waals surface area (Å²) in [6, 6.07) is 7.81. The van der Waals surface area contributed by atoms with E-state index in [1.807, 2.05) is 24.3 Å². The van der Waals surface area contributed by atoms with Crippen LogP contribution in [0.15, 0.2) is 30.3 Å². The second-order valence-electron chi connectivity index (χ2n) is 13.1. The highest BCUT2D eigenvalue weighted by Crippen LogP contribution is 2.71. The summed E-state index contributed by atoms with van der Waals surface area (Å²) >= 11 is 0. The number of aliphatic hydroxyl groups is 1. The molecule has 0 radical (unpaired) electrons. The molecule has 2 saturated heterocycles. The van der Waals surface area contributed by atoms with Crippen LogP contribution in [-0.2, 0) is 18.9 Å². The van der Waals surface area contributed by atoms with Crippen molar-refractivity contribution in [1.29, 1.82) is 0 Å². The van der Waals surface area contributed by atoms with E-state index in [1.54, 1.807) is 7.05 Å². The monoisotopic (exact) mass is 539 g/mol. The molecular formula is C31H41NO7. The normalized spacial score (nSPS) is 41.5. The number of hydrogen-bond acceptors (Lipinski definition) is 7. The van der Waals surface area contributed by atoms with Gasteiger partial charge in [0, 0.05) is 37.1 Å². The average molecular weight is 540 g/mol. The van der Waals surface area contributed by atoms with Crippen molar-refractivity contribution < 1.29 is 33.6 Å². The fraction of sp³-hybridized carbons (Fsp3) is 0.710. The van der Waals surface area contributed by atoms with Crippen LogP contribution in [0, 0.1) is 28.6 Å². The second kappa shape index (κ2) is 8.76. The van der Waals surface area contributed by atoms with Crippen LogP contribution >= 0.6 is 0 Å². The molecule has 2 spiro atoms. The van der Waals surface area contributed by atoms with E-state index in [0.717, 1.165) is 44.1 Å². The lowest BCUT2D eigenvalue weighted by Gasteiger charge is -2.64. The third-order valence-corrected chi connectivity index (χ3v) is 11.5. The van der Waals surface area contributed by atoms with Crippen LogP contribution in [0.5, 0.6) is 5.75 Å². The Hall–Kier alpha value is -1.97. The minimum atomic E-state index is -0.886. The fourth-order valence-corrected chi connectivity index (χ4v) is 9.57. The van der Waals surface area contributed by atoms with E-state index < -0.39 is 23.3 Å². The van der Waals surface area contributed by atoms with Crippen molar-refractivity contribution in [2.45, 2.75) is 76.0 Å². The summed E-state index contributed by atoms with van der Waals surface area (Å²) in [5, 5.41) is 15.0. The minimum absolute atomic E-state index is 0.162. The van der Waals surface area contributed by atoms with E-state index in [2.05, 4.69) is 25.2 Å². The number of carbonyl (C=O) groups excluding carboxylic acids is 1. The van der Waals surface area contributed by atoms with E-state index in [4.69, 9.17) is 23.7 Å². The predicted molar refractivity (Wildman–Crippen MR) is 143 cm³/mol. The summed E-state index contributed by atoms with van der Waals surface area (Å²) in [6.45, 7) is 7.08. The van der Waals surface area contributed by atoms with Gasteiger partial charge in [0.25, 0.3) is 0 Å². The second-order valence-corrected chi connectivity index (χ2v) is 13.1. The Labute approximate surface area is 230 Å². The van der Waals surface area contributed by atoms with E-state index in [-0.39, 0.29) is 16.7 Å². The molecule has 0 bridgehead atoms. The summed E-state index contributed by atoms with van der Waals surface area (Å²) < 4.78 is 30.4.